The number of hydrogen-bond acceptors (Lipinski definition) is 3. The van der Waals surface area contributed by atoms with Crippen molar-refractivity contribution >= 4 is 15.7 Å². The molecule has 4 nitrogen and oxygen atoms in total. The number of rotatable bonds is 6. The third-order valence-corrected chi connectivity index (χ3v) is 5.77. The molecule has 6 heteroatoms. The molecule has 0 heterocycles. The van der Waals surface area contributed by atoms with Crippen LogP contribution in [0, 0.1) is 12.7 Å². The predicted molar refractivity (Wildman–Crippen MR) is 91.5 cm³/mol. The zero-order valence-electron chi connectivity index (χ0n) is 13.6. The monoisotopic (exact) mass is 349 g/mol. The summed E-state index contributed by atoms with van der Waals surface area (Å²) in [6.07, 6.45) is 0. The van der Waals surface area contributed by atoms with Crippen LogP contribution in [0.4, 0.5) is 4.39 Å². The molecule has 128 valence electrons. The maximum atomic E-state index is 12.8. The van der Waals surface area contributed by atoms with Gasteiger partial charge in [-0.2, -0.15) is 0 Å². The molecule has 1 atom stereocenters. The molecule has 0 aliphatic heterocycles. The van der Waals surface area contributed by atoms with Crippen molar-refractivity contribution in [1.82, 2.24) is 5.32 Å². The number of carbonyl (C=O) groups is 1. The highest BCUT2D eigenvalue weighted by molar-refractivity contribution is 7.92. The molecule has 0 saturated carbocycles. The van der Waals surface area contributed by atoms with Crippen molar-refractivity contribution < 1.29 is 17.6 Å². The van der Waals surface area contributed by atoms with Crippen molar-refractivity contribution in [1.29, 1.82) is 0 Å². The van der Waals surface area contributed by atoms with E-state index in [-0.39, 0.29) is 18.1 Å². The van der Waals surface area contributed by atoms with E-state index in [4.69, 9.17) is 0 Å². The number of benzene rings is 2. The van der Waals surface area contributed by atoms with E-state index in [0.29, 0.717) is 11.1 Å². The van der Waals surface area contributed by atoms with Gasteiger partial charge in [0, 0.05) is 6.54 Å². The van der Waals surface area contributed by atoms with Gasteiger partial charge in [-0.25, -0.2) is 12.8 Å². The Balaban J connectivity index is 1.99. The van der Waals surface area contributed by atoms with E-state index in [0.717, 1.165) is 5.56 Å². The normalized spacial score (nSPS) is 12.6. The highest BCUT2D eigenvalue weighted by atomic mass is 32.2. The molecular weight excluding hydrogens is 329 g/mol. The molecule has 1 N–H and O–H groups in total. The zero-order chi connectivity index (χ0) is 17.7. The summed E-state index contributed by atoms with van der Waals surface area (Å²) in [5, 5.41) is 1.43. The van der Waals surface area contributed by atoms with Crippen molar-refractivity contribution in [2.24, 2.45) is 0 Å². The smallest absolute Gasteiger partial charge is 0.238 e. The topological polar surface area (TPSA) is 63.2 Å². The van der Waals surface area contributed by atoms with Crippen LogP contribution in [0.2, 0.25) is 0 Å². The molecule has 1 amide bonds. The van der Waals surface area contributed by atoms with Gasteiger partial charge in [-0.1, -0.05) is 42.0 Å². The Hall–Kier alpha value is -2.21. The quantitative estimate of drug-likeness (QED) is 0.872. The summed E-state index contributed by atoms with van der Waals surface area (Å²) < 4.78 is 37.6. The lowest BCUT2D eigenvalue weighted by atomic mass is 10.2. The van der Waals surface area contributed by atoms with E-state index in [1.807, 2.05) is 13.0 Å². The Morgan fingerprint density at radius 3 is 2.42 bits per heavy atom. The second-order valence-electron chi connectivity index (χ2n) is 5.78. The number of halogens is 1. The molecule has 2 aromatic rings. The van der Waals surface area contributed by atoms with E-state index in [1.165, 1.54) is 19.1 Å². The first-order chi connectivity index (χ1) is 11.3. The van der Waals surface area contributed by atoms with Crippen LogP contribution in [-0.2, 0) is 26.9 Å². The summed E-state index contributed by atoms with van der Waals surface area (Å²) in [6, 6.07) is 12.9. The Bertz CT molecular complexity index is 816. The van der Waals surface area contributed by atoms with E-state index in [1.54, 1.807) is 30.3 Å². The molecule has 0 aliphatic carbocycles. The maximum absolute atomic E-state index is 12.8. The molecule has 1 unspecified atom stereocenters. The fourth-order valence-corrected chi connectivity index (χ4v) is 3.56. The van der Waals surface area contributed by atoms with Crippen molar-refractivity contribution in [2.75, 3.05) is 0 Å². The lowest BCUT2D eigenvalue weighted by molar-refractivity contribution is -0.120. The minimum Gasteiger partial charge on any atom is -0.351 e. The van der Waals surface area contributed by atoms with Crippen molar-refractivity contribution in [3.05, 3.63) is 71.0 Å². The zero-order valence-corrected chi connectivity index (χ0v) is 14.4. The average Bonchev–Trinajstić information content (AvgIpc) is 2.53. The summed E-state index contributed by atoms with van der Waals surface area (Å²) in [5.74, 6) is -1.11. The van der Waals surface area contributed by atoms with Crippen LogP contribution in [0.25, 0.3) is 0 Å². The third kappa shape index (κ3) is 4.89. The molecule has 0 aliphatic rings. The molecule has 0 bridgehead atoms. The first-order valence-electron chi connectivity index (χ1n) is 7.57. The molecule has 24 heavy (non-hydrogen) atoms. The largest absolute Gasteiger partial charge is 0.351 e. The van der Waals surface area contributed by atoms with Gasteiger partial charge in [-0.3, -0.25) is 4.79 Å². The first-order valence-corrected chi connectivity index (χ1v) is 9.29. The van der Waals surface area contributed by atoms with E-state index in [9.17, 15) is 17.6 Å². The van der Waals surface area contributed by atoms with E-state index >= 15 is 0 Å². The van der Waals surface area contributed by atoms with Gasteiger partial charge in [0.1, 0.15) is 11.1 Å². The third-order valence-electron chi connectivity index (χ3n) is 3.74. The number of hydrogen-bond donors (Lipinski definition) is 1. The number of carbonyl (C=O) groups excluding carboxylic acids is 1. The second kappa shape index (κ2) is 7.57. The molecule has 2 aromatic carbocycles. The first kappa shape index (κ1) is 18.1. The maximum Gasteiger partial charge on any atom is 0.238 e. The van der Waals surface area contributed by atoms with Crippen molar-refractivity contribution in [2.45, 2.75) is 31.4 Å². The number of amides is 1. The number of sulfone groups is 1. The Morgan fingerprint density at radius 1 is 1.12 bits per heavy atom. The van der Waals surface area contributed by atoms with Crippen LogP contribution in [-0.4, -0.2) is 19.6 Å². The average molecular weight is 349 g/mol. The van der Waals surface area contributed by atoms with Crippen molar-refractivity contribution in [3.63, 3.8) is 0 Å². The van der Waals surface area contributed by atoms with Gasteiger partial charge in [0.2, 0.25) is 5.91 Å². The lowest BCUT2D eigenvalue weighted by Gasteiger charge is -2.14. The molecule has 2 rings (SSSR count). The van der Waals surface area contributed by atoms with Crippen molar-refractivity contribution in [3.8, 4) is 0 Å². The van der Waals surface area contributed by atoms with Gasteiger partial charge >= 0.3 is 0 Å². The van der Waals surface area contributed by atoms with Gasteiger partial charge < -0.3 is 5.32 Å². The number of nitrogens with one attached hydrogen (secondary N) is 1. The molecule has 0 radical (unpaired) electrons. The lowest BCUT2D eigenvalue weighted by Crippen LogP contribution is -2.38. The van der Waals surface area contributed by atoms with Gasteiger partial charge in [-0.05, 0) is 37.1 Å². The Morgan fingerprint density at radius 2 is 1.79 bits per heavy atom. The number of aryl methyl sites for hydroxylation is 1. The van der Waals surface area contributed by atoms with Gasteiger partial charge in [-0.15, -0.1) is 0 Å². The minimum atomic E-state index is -3.61. The molecular formula is C18H20FNO3S. The summed E-state index contributed by atoms with van der Waals surface area (Å²) >= 11 is 0. The highest BCUT2D eigenvalue weighted by Gasteiger charge is 2.28. The van der Waals surface area contributed by atoms with E-state index < -0.39 is 21.0 Å². The molecule has 0 fully saturated rings. The molecule has 0 aromatic heterocycles. The van der Waals surface area contributed by atoms with Gasteiger partial charge in [0.25, 0.3) is 0 Å². The summed E-state index contributed by atoms with van der Waals surface area (Å²) in [4.78, 5) is 12.1. The van der Waals surface area contributed by atoms with Crippen LogP contribution in [0.5, 0.6) is 0 Å². The van der Waals surface area contributed by atoms with Gasteiger partial charge in [0.15, 0.2) is 9.84 Å². The van der Waals surface area contributed by atoms with Crippen LogP contribution in [0.3, 0.4) is 0 Å². The van der Waals surface area contributed by atoms with Crippen LogP contribution in [0.15, 0.2) is 48.5 Å². The minimum absolute atomic E-state index is 0.156. The summed E-state index contributed by atoms with van der Waals surface area (Å²) in [6.45, 7) is 3.42. The standard InChI is InChI=1S/C18H20FNO3S/c1-13-4-3-5-16(10-13)12-24(22,23)14(2)18(21)20-11-15-6-8-17(19)9-7-15/h3-10,14H,11-12H2,1-2H3,(H,20,21). The Labute approximate surface area is 141 Å². The SMILES string of the molecule is Cc1cccc(CS(=O)(=O)C(C)C(=O)NCc2ccc(F)cc2)c1. The predicted octanol–water partition coefficient (Wildman–Crippen LogP) is 2.75. The molecule has 0 spiro atoms. The van der Waals surface area contributed by atoms with Crippen LogP contribution in [0.1, 0.15) is 23.6 Å². The molecule has 0 saturated heterocycles. The van der Waals surface area contributed by atoms with E-state index in [2.05, 4.69) is 5.32 Å². The fourth-order valence-electron chi connectivity index (χ4n) is 2.26. The second-order valence-corrected chi connectivity index (χ2v) is 8.10. The highest BCUT2D eigenvalue weighted by Crippen LogP contribution is 2.13. The fraction of sp³-hybridized carbons (Fsp3) is 0.278. The van der Waals surface area contributed by atoms with Crippen LogP contribution < -0.4 is 5.32 Å². The Kier molecular flexibility index (Phi) is 5.72. The summed E-state index contributed by atoms with van der Waals surface area (Å²) in [5.41, 5.74) is 2.33. The van der Waals surface area contributed by atoms with Crippen LogP contribution >= 0.6 is 0 Å². The van der Waals surface area contributed by atoms with Gasteiger partial charge in [0.05, 0.1) is 5.75 Å². The summed E-state index contributed by atoms with van der Waals surface area (Å²) in [7, 11) is -3.61.